The molecule has 7 heteroatoms. The minimum Gasteiger partial charge on any atom is -0.336 e. The number of nitrogens with zero attached hydrogens (tertiary/aromatic N) is 5. The molecule has 3 heterocycles. The highest BCUT2D eigenvalue weighted by Gasteiger charge is 2.25. The van der Waals surface area contributed by atoms with E-state index in [0.29, 0.717) is 43.9 Å². The Bertz CT molecular complexity index is 1370. The van der Waals surface area contributed by atoms with Crippen molar-refractivity contribution in [1.29, 1.82) is 0 Å². The van der Waals surface area contributed by atoms with Crippen LogP contribution in [0.3, 0.4) is 0 Å². The molecule has 6 nitrogen and oxygen atoms in total. The Morgan fingerprint density at radius 2 is 1.71 bits per heavy atom. The van der Waals surface area contributed by atoms with Crippen molar-refractivity contribution in [3.63, 3.8) is 0 Å². The number of piperazine rings is 1. The van der Waals surface area contributed by atoms with Crippen LogP contribution in [-0.4, -0.2) is 56.7 Å². The molecule has 0 N–H and O–H groups in total. The van der Waals surface area contributed by atoms with Crippen LogP contribution < -0.4 is 0 Å². The third-order valence-corrected chi connectivity index (χ3v) is 6.72. The lowest BCUT2D eigenvalue weighted by molar-refractivity contribution is 0.0629. The third-order valence-electron chi connectivity index (χ3n) is 6.72. The molecule has 1 aliphatic heterocycles. The Morgan fingerprint density at radius 1 is 1.00 bits per heavy atom. The van der Waals surface area contributed by atoms with Crippen molar-refractivity contribution >= 4 is 16.8 Å². The number of fused-ring (bicyclic) bond motifs is 1. The molecule has 2 aromatic heterocycles. The van der Waals surface area contributed by atoms with Crippen molar-refractivity contribution in [2.24, 2.45) is 7.05 Å². The minimum atomic E-state index is -0.183. The maximum Gasteiger partial charge on any atom is 0.254 e. The summed E-state index contributed by atoms with van der Waals surface area (Å²) in [6.45, 7) is 7.15. The Labute approximate surface area is 198 Å². The first-order valence-corrected chi connectivity index (χ1v) is 11.6. The molecule has 1 aliphatic rings. The highest BCUT2D eigenvalue weighted by Crippen LogP contribution is 2.30. The fourth-order valence-corrected chi connectivity index (χ4v) is 4.77. The number of pyridine rings is 1. The lowest BCUT2D eigenvalue weighted by Gasteiger charge is -2.35. The number of halogens is 1. The smallest absolute Gasteiger partial charge is 0.254 e. The van der Waals surface area contributed by atoms with E-state index in [1.54, 1.807) is 6.07 Å². The van der Waals surface area contributed by atoms with Gasteiger partial charge in [-0.05, 0) is 32.0 Å². The molecule has 0 aliphatic carbocycles. The average Bonchev–Trinajstić information content (AvgIpc) is 3.10. The molecule has 5 rings (SSSR count). The number of aryl methyl sites for hydroxylation is 2. The summed E-state index contributed by atoms with van der Waals surface area (Å²) in [5.74, 6) is -0.178. The molecule has 34 heavy (non-hydrogen) atoms. The Morgan fingerprint density at radius 3 is 2.41 bits per heavy atom. The summed E-state index contributed by atoms with van der Waals surface area (Å²) in [4.78, 5) is 22.6. The predicted molar refractivity (Wildman–Crippen MR) is 131 cm³/mol. The van der Waals surface area contributed by atoms with Crippen LogP contribution in [0.1, 0.15) is 27.3 Å². The molecule has 0 spiro atoms. The monoisotopic (exact) mass is 457 g/mol. The number of carbonyl (C=O) groups excluding carboxylic acids is 1. The van der Waals surface area contributed by atoms with Crippen LogP contribution in [0.2, 0.25) is 0 Å². The first-order chi connectivity index (χ1) is 16.4. The molecule has 2 aromatic carbocycles. The van der Waals surface area contributed by atoms with Crippen LogP contribution in [0.15, 0.2) is 54.6 Å². The van der Waals surface area contributed by atoms with Crippen LogP contribution in [0, 0.1) is 19.7 Å². The van der Waals surface area contributed by atoms with E-state index in [-0.39, 0.29) is 11.7 Å². The van der Waals surface area contributed by atoms with E-state index in [0.717, 1.165) is 33.5 Å². The third kappa shape index (κ3) is 4.07. The van der Waals surface area contributed by atoms with Crippen molar-refractivity contribution in [1.82, 2.24) is 24.6 Å². The second kappa shape index (κ2) is 8.99. The first kappa shape index (κ1) is 22.2. The van der Waals surface area contributed by atoms with Gasteiger partial charge in [-0.25, -0.2) is 9.37 Å². The lowest BCUT2D eigenvalue weighted by Crippen LogP contribution is -2.48. The maximum absolute atomic E-state index is 14.1. The normalized spacial score (nSPS) is 14.6. The molecule has 1 fully saturated rings. The quantitative estimate of drug-likeness (QED) is 0.457. The Kier molecular flexibility index (Phi) is 5.87. The SMILES string of the molecule is Cc1nn(C)c(C)c1-c1cc(C(=O)N2CCN(Cc3ccccc3F)CC2)c2ccccc2n1. The average molecular weight is 458 g/mol. The standard InChI is InChI=1S/C27H28FN5O/c1-18-26(19(2)31(3)30-18)25-16-22(21-9-5-7-11-24(21)29-25)27(34)33-14-12-32(13-15-33)17-20-8-4-6-10-23(20)28/h4-11,16H,12-15,17H2,1-3H3. The summed E-state index contributed by atoms with van der Waals surface area (Å²) in [5.41, 5.74) is 5.79. The van der Waals surface area contributed by atoms with Crippen molar-refractivity contribution in [3.8, 4) is 11.3 Å². The number of carbonyl (C=O) groups is 1. The van der Waals surface area contributed by atoms with E-state index in [4.69, 9.17) is 4.98 Å². The van der Waals surface area contributed by atoms with Crippen LogP contribution in [0.4, 0.5) is 4.39 Å². The van der Waals surface area contributed by atoms with E-state index in [9.17, 15) is 9.18 Å². The van der Waals surface area contributed by atoms with Gasteiger partial charge in [0.25, 0.3) is 5.91 Å². The van der Waals surface area contributed by atoms with Gasteiger partial charge in [-0.1, -0.05) is 36.4 Å². The highest BCUT2D eigenvalue weighted by molar-refractivity contribution is 6.07. The molecular weight excluding hydrogens is 429 g/mol. The molecule has 0 radical (unpaired) electrons. The van der Waals surface area contributed by atoms with Gasteiger partial charge in [0.1, 0.15) is 5.82 Å². The largest absolute Gasteiger partial charge is 0.336 e. The Balaban J connectivity index is 1.42. The van der Waals surface area contributed by atoms with Crippen molar-refractivity contribution < 1.29 is 9.18 Å². The van der Waals surface area contributed by atoms with Gasteiger partial charge in [0.2, 0.25) is 0 Å². The highest BCUT2D eigenvalue weighted by atomic mass is 19.1. The topological polar surface area (TPSA) is 54.3 Å². The van der Waals surface area contributed by atoms with E-state index in [1.165, 1.54) is 6.07 Å². The fraction of sp³-hybridized carbons (Fsp3) is 0.296. The second-order valence-electron chi connectivity index (χ2n) is 8.90. The van der Waals surface area contributed by atoms with Gasteiger partial charge in [0.05, 0.1) is 22.5 Å². The van der Waals surface area contributed by atoms with Crippen LogP contribution in [0.5, 0.6) is 0 Å². The van der Waals surface area contributed by atoms with Crippen molar-refractivity contribution in [2.75, 3.05) is 26.2 Å². The van der Waals surface area contributed by atoms with Crippen LogP contribution in [0.25, 0.3) is 22.2 Å². The zero-order valence-electron chi connectivity index (χ0n) is 19.8. The number of aromatic nitrogens is 3. The van der Waals surface area contributed by atoms with E-state index in [2.05, 4.69) is 10.00 Å². The summed E-state index contributed by atoms with van der Waals surface area (Å²) in [6, 6.07) is 16.6. The zero-order valence-corrected chi connectivity index (χ0v) is 19.8. The number of hydrogen-bond donors (Lipinski definition) is 0. The maximum atomic E-state index is 14.1. The molecule has 0 bridgehead atoms. The molecule has 174 valence electrons. The second-order valence-corrected chi connectivity index (χ2v) is 8.90. The molecule has 0 atom stereocenters. The fourth-order valence-electron chi connectivity index (χ4n) is 4.77. The van der Waals surface area contributed by atoms with E-state index < -0.39 is 0 Å². The van der Waals surface area contributed by atoms with Crippen molar-refractivity contribution in [2.45, 2.75) is 20.4 Å². The van der Waals surface area contributed by atoms with Gasteiger partial charge in [0, 0.05) is 62.0 Å². The van der Waals surface area contributed by atoms with Gasteiger partial charge in [0.15, 0.2) is 0 Å². The number of hydrogen-bond acceptors (Lipinski definition) is 4. The molecule has 1 saturated heterocycles. The van der Waals surface area contributed by atoms with Gasteiger partial charge >= 0.3 is 0 Å². The molecule has 0 saturated carbocycles. The van der Waals surface area contributed by atoms with E-state index in [1.807, 2.05) is 72.9 Å². The zero-order chi connectivity index (χ0) is 23.8. The summed E-state index contributed by atoms with van der Waals surface area (Å²) in [7, 11) is 1.92. The number of benzene rings is 2. The molecule has 0 unspecified atom stereocenters. The summed E-state index contributed by atoms with van der Waals surface area (Å²) in [6.07, 6.45) is 0. The van der Waals surface area contributed by atoms with Gasteiger partial charge in [-0.3, -0.25) is 14.4 Å². The van der Waals surface area contributed by atoms with Crippen molar-refractivity contribution in [3.05, 3.63) is 82.9 Å². The predicted octanol–water partition coefficient (Wildman–Crippen LogP) is 4.35. The van der Waals surface area contributed by atoms with E-state index >= 15 is 0 Å². The van der Waals surface area contributed by atoms with Gasteiger partial charge in [-0.15, -0.1) is 0 Å². The van der Waals surface area contributed by atoms with Crippen LogP contribution in [-0.2, 0) is 13.6 Å². The Hall–Kier alpha value is -3.58. The molecule has 1 amide bonds. The summed E-state index contributed by atoms with van der Waals surface area (Å²) >= 11 is 0. The number of para-hydroxylation sites is 1. The lowest BCUT2D eigenvalue weighted by atomic mass is 10.0. The summed E-state index contributed by atoms with van der Waals surface area (Å²) in [5, 5.41) is 5.38. The van der Waals surface area contributed by atoms with Gasteiger partial charge < -0.3 is 4.90 Å². The first-order valence-electron chi connectivity index (χ1n) is 11.6. The minimum absolute atomic E-state index is 0.00425. The molecular formula is C27H28FN5O. The number of rotatable bonds is 4. The molecule has 4 aromatic rings. The summed E-state index contributed by atoms with van der Waals surface area (Å²) < 4.78 is 15.9. The van der Waals surface area contributed by atoms with Crippen LogP contribution >= 0.6 is 0 Å². The van der Waals surface area contributed by atoms with Gasteiger partial charge in [-0.2, -0.15) is 5.10 Å². The number of amides is 1.